The molecule has 0 aliphatic rings. The maximum absolute atomic E-state index is 6.76. The fraction of sp³-hybridized carbons (Fsp3) is 0.765. The second kappa shape index (κ2) is 26.8. The normalized spacial score (nSPS) is 13.3. The molecule has 0 spiro atoms. The maximum Gasteiger partial charge on any atom is 0.122 e. The molecule has 2 rings (SSSR count). The minimum atomic E-state index is -1.19. The second-order valence-corrected chi connectivity index (χ2v) is 60.0. The highest BCUT2D eigenvalue weighted by Gasteiger charge is 2.28. The standard InChI is InChI=1S/C51H104O2Si8/c1-51(2,47-25-27-49(52-29-21-37-60(15,16)41-33-56(7)8)45(43-47)23-19-35-58(11,12)39-31-54(3)4)48-26-28-50(53-30-22-38-61(17,18)42-34-57(9)10)46(44-48)24-20-36-59(13,14)40-32-55(5)6/h25-28,43-44,54-57H,19-24,29-42H2,1-18H3. The number of ether oxygens (including phenoxy) is 2. The zero-order valence-electron chi connectivity index (χ0n) is 44.2. The van der Waals surface area contributed by atoms with Crippen molar-refractivity contribution in [3.8, 4) is 11.5 Å². The summed E-state index contributed by atoms with van der Waals surface area (Å²) in [6, 6.07) is 32.3. The molecule has 0 atom stereocenters. The minimum absolute atomic E-state index is 0.114. The van der Waals surface area contributed by atoms with Gasteiger partial charge in [-0.25, -0.2) is 0 Å². The summed E-state index contributed by atoms with van der Waals surface area (Å²) in [5, 5.41) is 0. The Morgan fingerprint density at radius 3 is 0.967 bits per heavy atom. The molecule has 10 heteroatoms. The van der Waals surface area contributed by atoms with Crippen LogP contribution < -0.4 is 9.47 Å². The molecule has 0 radical (unpaired) electrons. The molecule has 0 unspecified atom stereocenters. The molecule has 0 saturated carbocycles. The number of aryl methyl sites for hydroxylation is 2. The van der Waals surface area contributed by atoms with Gasteiger partial charge in [-0.15, -0.1) is 0 Å². The average Bonchev–Trinajstić information content (AvgIpc) is 3.15. The highest BCUT2D eigenvalue weighted by molar-refractivity contribution is 6.80. The van der Waals surface area contributed by atoms with Gasteiger partial charge < -0.3 is 9.47 Å². The Morgan fingerprint density at radius 2 is 0.689 bits per heavy atom. The first-order valence-corrected chi connectivity index (χ1v) is 51.9. The summed E-state index contributed by atoms with van der Waals surface area (Å²) < 4.78 is 13.5. The van der Waals surface area contributed by atoms with Gasteiger partial charge in [0, 0.05) is 72.9 Å². The molecule has 0 aliphatic carbocycles. The van der Waals surface area contributed by atoms with E-state index in [2.05, 4.69) is 155 Å². The van der Waals surface area contributed by atoms with Gasteiger partial charge in [0.15, 0.2) is 0 Å². The van der Waals surface area contributed by atoms with Crippen LogP contribution in [0.5, 0.6) is 11.5 Å². The first-order chi connectivity index (χ1) is 28.2. The third-order valence-electron chi connectivity index (χ3n) is 14.3. The molecule has 0 aromatic heterocycles. The van der Waals surface area contributed by atoms with E-state index in [0.717, 1.165) is 37.6 Å². The van der Waals surface area contributed by atoms with Crippen LogP contribution in [-0.2, 0) is 18.3 Å². The van der Waals surface area contributed by atoms with Crippen LogP contribution in [0.25, 0.3) is 0 Å². The number of hydrogen-bond acceptors (Lipinski definition) is 2. The summed E-state index contributed by atoms with van der Waals surface area (Å²) >= 11 is 0. The van der Waals surface area contributed by atoms with Gasteiger partial charge in [0.1, 0.15) is 11.5 Å². The van der Waals surface area contributed by atoms with Gasteiger partial charge in [-0.3, -0.25) is 0 Å². The summed E-state index contributed by atoms with van der Waals surface area (Å²) in [6.45, 7) is 47.8. The van der Waals surface area contributed by atoms with Crippen molar-refractivity contribution in [3.05, 3.63) is 58.7 Å². The average molecular weight is 974 g/mol. The van der Waals surface area contributed by atoms with Crippen LogP contribution in [0, 0.1) is 0 Å². The van der Waals surface area contributed by atoms with Gasteiger partial charge >= 0.3 is 0 Å². The summed E-state index contributed by atoms with van der Waals surface area (Å²) in [5.41, 5.74) is 5.61. The van der Waals surface area contributed by atoms with Gasteiger partial charge in [-0.05, 0) is 60.1 Å². The van der Waals surface area contributed by atoms with Crippen molar-refractivity contribution in [1.29, 1.82) is 0 Å². The Balaban J connectivity index is 2.40. The fourth-order valence-electron chi connectivity index (χ4n) is 8.97. The van der Waals surface area contributed by atoms with Crippen LogP contribution in [0.1, 0.15) is 61.8 Å². The van der Waals surface area contributed by atoms with Crippen molar-refractivity contribution >= 4 is 67.5 Å². The SMILES string of the molecule is C[SiH](C)CC[Si](C)(C)CCCOc1ccc(C(C)(C)c2ccc(OCCC[Si](C)(C)CC[SiH](C)C)c(CCC[Si](C)(C)CC[SiH](C)C)c2)cc1CCC[Si](C)(C)CC[SiH](C)C. The maximum atomic E-state index is 6.76. The summed E-state index contributed by atoms with van der Waals surface area (Å²) in [4.78, 5) is 0. The van der Waals surface area contributed by atoms with E-state index in [0.29, 0.717) is 0 Å². The lowest BCUT2D eigenvalue weighted by atomic mass is 9.76. The van der Waals surface area contributed by atoms with Crippen molar-refractivity contribution in [2.75, 3.05) is 13.2 Å². The van der Waals surface area contributed by atoms with E-state index >= 15 is 0 Å². The van der Waals surface area contributed by atoms with E-state index in [1.807, 2.05) is 0 Å². The van der Waals surface area contributed by atoms with Crippen LogP contribution in [-0.4, -0.2) is 80.7 Å². The number of rotatable bonds is 32. The van der Waals surface area contributed by atoms with E-state index < -0.39 is 67.5 Å². The molecule has 2 nitrogen and oxygen atoms in total. The Kier molecular flexibility index (Phi) is 25.0. The van der Waals surface area contributed by atoms with Crippen molar-refractivity contribution < 1.29 is 9.47 Å². The third kappa shape index (κ3) is 23.7. The van der Waals surface area contributed by atoms with Crippen LogP contribution in [0.3, 0.4) is 0 Å². The number of benzene rings is 2. The lowest BCUT2D eigenvalue weighted by Gasteiger charge is -2.29. The fourth-order valence-corrected chi connectivity index (χ4v) is 36.2. The van der Waals surface area contributed by atoms with E-state index in [1.54, 1.807) is 0 Å². The Bertz CT molecular complexity index is 1420. The number of hydrogen-bond donors (Lipinski definition) is 0. The largest absolute Gasteiger partial charge is 0.493 e. The molecule has 2 aromatic carbocycles. The quantitative estimate of drug-likeness (QED) is 0.0537. The Hall–Kier alpha value is -0.225. The summed E-state index contributed by atoms with van der Waals surface area (Å²) in [7, 11) is -6.62. The van der Waals surface area contributed by atoms with Crippen LogP contribution >= 0.6 is 0 Å². The summed E-state index contributed by atoms with van der Waals surface area (Å²) in [6.07, 6.45) is 7.22. The smallest absolute Gasteiger partial charge is 0.122 e. The summed E-state index contributed by atoms with van der Waals surface area (Å²) in [5.74, 6) is 2.30. The molecule has 2 aromatic rings. The molecule has 0 saturated heterocycles. The molecule has 0 fully saturated rings. The lowest BCUT2D eigenvalue weighted by molar-refractivity contribution is 0.313. The van der Waals surface area contributed by atoms with Gasteiger partial charge in [-0.2, -0.15) is 0 Å². The van der Waals surface area contributed by atoms with E-state index in [4.69, 9.17) is 9.47 Å². The molecular formula is C51H104O2Si8. The van der Waals surface area contributed by atoms with Crippen LogP contribution in [0.4, 0.5) is 0 Å². The third-order valence-corrected chi connectivity index (χ3v) is 35.7. The molecule has 0 heterocycles. The molecule has 352 valence electrons. The van der Waals surface area contributed by atoms with Crippen LogP contribution in [0.2, 0.25) is 177 Å². The van der Waals surface area contributed by atoms with Gasteiger partial charge in [0.2, 0.25) is 0 Å². The van der Waals surface area contributed by atoms with E-state index in [9.17, 15) is 0 Å². The first-order valence-electron chi connectivity index (χ1n) is 25.7. The van der Waals surface area contributed by atoms with E-state index in [1.165, 1.54) is 120 Å². The molecule has 0 aliphatic heterocycles. The molecule has 0 bridgehead atoms. The van der Waals surface area contributed by atoms with E-state index in [-0.39, 0.29) is 5.41 Å². The minimum Gasteiger partial charge on any atom is -0.493 e. The molecule has 0 N–H and O–H groups in total. The van der Waals surface area contributed by atoms with Crippen molar-refractivity contribution in [2.45, 2.75) is 235 Å². The van der Waals surface area contributed by atoms with Gasteiger partial charge in [-0.1, -0.05) is 228 Å². The van der Waals surface area contributed by atoms with Gasteiger partial charge in [0.05, 0.1) is 13.2 Å². The van der Waals surface area contributed by atoms with Gasteiger partial charge in [0.25, 0.3) is 0 Å². The predicted molar refractivity (Wildman–Crippen MR) is 305 cm³/mol. The van der Waals surface area contributed by atoms with Crippen molar-refractivity contribution in [2.24, 2.45) is 0 Å². The molecular weight excluding hydrogens is 869 g/mol. The van der Waals surface area contributed by atoms with Crippen LogP contribution in [0.15, 0.2) is 36.4 Å². The lowest BCUT2D eigenvalue weighted by Crippen LogP contribution is -2.27. The Labute approximate surface area is 392 Å². The first kappa shape index (κ1) is 56.9. The zero-order chi connectivity index (χ0) is 46.1. The Morgan fingerprint density at radius 1 is 0.410 bits per heavy atom. The van der Waals surface area contributed by atoms with Crippen molar-refractivity contribution in [1.82, 2.24) is 0 Å². The molecule has 0 amide bonds. The second-order valence-electron chi connectivity index (χ2n) is 25.3. The monoisotopic (exact) mass is 973 g/mol. The molecule has 61 heavy (non-hydrogen) atoms. The highest BCUT2D eigenvalue weighted by atomic mass is 28.3. The topological polar surface area (TPSA) is 18.5 Å². The zero-order valence-corrected chi connectivity index (χ0v) is 52.9. The van der Waals surface area contributed by atoms with Crippen molar-refractivity contribution in [3.63, 3.8) is 0 Å². The predicted octanol–water partition coefficient (Wildman–Crippen LogP) is 16.2. The highest BCUT2D eigenvalue weighted by Crippen LogP contribution is 2.38.